The smallest absolute Gasteiger partial charge is 0.127 e. The van der Waals surface area contributed by atoms with Crippen LogP contribution in [-0.2, 0) is 0 Å². The van der Waals surface area contributed by atoms with E-state index in [4.69, 9.17) is 21.1 Å². The van der Waals surface area contributed by atoms with Gasteiger partial charge in [0.2, 0.25) is 0 Å². The lowest BCUT2D eigenvalue weighted by Gasteiger charge is -2.06. The van der Waals surface area contributed by atoms with Crippen LogP contribution < -0.4 is 9.47 Å². The van der Waals surface area contributed by atoms with Gasteiger partial charge in [-0.25, -0.2) is 0 Å². The number of hydrogen-bond acceptors (Lipinski definition) is 3. The minimum absolute atomic E-state index is 0.612. The second kappa shape index (κ2) is 6.25. The highest BCUT2D eigenvalue weighted by molar-refractivity contribution is 6.33. The van der Waals surface area contributed by atoms with Gasteiger partial charge in [0.25, 0.3) is 0 Å². The van der Waals surface area contributed by atoms with E-state index in [1.165, 1.54) is 0 Å². The number of ether oxygens (including phenoxy) is 2. The van der Waals surface area contributed by atoms with Crippen LogP contribution in [0.15, 0.2) is 47.5 Å². The lowest BCUT2D eigenvalue weighted by atomic mass is 10.2. The van der Waals surface area contributed by atoms with Crippen LogP contribution in [0.3, 0.4) is 0 Å². The zero-order chi connectivity index (χ0) is 13.7. The Labute approximate surface area is 117 Å². The van der Waals surface area contributed by atoms with E-state index in [1.54, 1.807) is 26.5 Å². The first-order valence-electron chi connectivity index (χ1n) is 5.75. The van der Waals surface area contributed by atoms with E-state index >= 15 is 0 Å². The Hall–Kier alpha value is -2.00. The summed E-state index contributed by atoms with van der Waals surface area (Å²) in [5.74, 6) is 1.48. The number of benzene rings is 2. The molecule has 2 aromatic carbocycles. The van der Waals surface area contributed by atoms with Gasteiger partial charge in [0, 0.05) is 11.8 Å². The molecule has 0 aliphatic carbocycles. The Morgan fingerprint density at radius 1 is 1.05 bits per heavy atom. The van der Waals surface area contributed by atoms with Crippen molar-refractivity contribution in [1.29, 1.82) is 0 Å². The molecule has 19 heavy (non-hydrogen) atoms. The predicted octanol–water partition coefficient (Wildman–Crippen LogP) is 4.11. The van der Waals surface area contributed by atoms with Crippen molar-refractivity contribution in [2.24, 2.45) is 4.99 Å². The van der Waals surface area contributed by atoms with Gasteiger partial charge in [-0.1, -0.05) is 23.7 Å². The molecule has 3 nitrogen and oxygen atoms in total. The van der Waals surface area contributed by atoms with E-state index in [0.717, 1.165) is 17.1 Å². The number of methoxy groups -OCH3 is 2. The van der Waals surface area contributed by atoms with Gasteiger partial charge in [-0.05, 0) is 30.3 Å². The molecule has 0 aliphatic rings. The summed E-state index contributed by atoms with van der Waals surface area (Å²) in [5, 5.41) is 0.612. The Kier molecular flexibility index (Phi) is 4.42. The third-order valence-corrected chi connectivity index (χ3v) is 2.95. The van der Waals surface area contributed by atoms with Gasteiger partial charge >= 0.3 is 0 Å². The molecule has 0 aliphatic heterocycles. The molecule has 2 rings (SSSR count). The first-order valence-corrected chi connectivity index (χ1v) is 6.13. The van der Waals surface area contributed by atoms with Crippen LogP contribution in [0.2, 0.25) is 5.02 Å². The van der Waals surface area contributed by atoms with Gasteiger partial charge < -0.3 is 9.47 Å². The molecule has 0 saturated carbocycles. The number of hydrogen-bond donors (Lipinski definition) is 0. The van der Waals surface area contributed by atoms with Crippen molar-refractivity contribution in [2.75, 3.05) is 14.2 Å². The highest BCUT2D eigenvalue weighted by atomic mass is 35.5. The fourth-order valence-electron chi connectivity index (χ4n) is 1.64. The van der Waals surface area contributed by atoms with Gasteiger partial charge in [0.1, 0.15) is 11.5 Å². The second-order valence-electron chi connectivity index (χ2n) is 3.82. The van der Waals surface area contributed by atoms with E-state index in [1.807, 2.05) is 36.4 Å². The lowest BCUT2D eigenvalue weighted by Crippen LogP contribution is -1.92. The topological polar surface area (TPSA) is 30.8 Å². The van der Waals surface area contributed by atoms with Crippen molar-refractivity contribution in [3.05, 3.63) is 53.1 Å². The molecular weight excluding hydrogens is 262 g/mol. The first-order chi connectivity index (χ1) is 9.24. The summed E-state index contributed by atoms with van der Waals surface area (Å²) in [5.41, 5.74) is 1.55. The summed E-state index contributed by atoms with van der Waals surface area (Å²) in [4.78, 5) is 4.37. The van der Waals surface area contributed by atoms with Crippen LogP contribution in [0, 0.1) is 0 Å². The molecule has 0 aromatic heterocycles. The third kappa shape index (κ3) is 3.26. The third-order valence-electron chi connectivity index (χ3n) is 2.63. The summed E-state index contributed by atoms with van der Waals surface area (Å²) in [6.45, 7) is 0. The zero-order valence-electron chi connectivity index (χ0n) is 10.8. The Morgan fingerprint density at radius 3 is 2.53 bits per heavy atom. The van der Waals surface area contributed by atoms with Crippen molar-refractivity contribution in [3.8, 4) is 11.5 Å². The van der Waals surface area contributed by atoms with Gasteiger partial charge in [0.15, 0.2) is 0 Å². The molecular formula is C15H14ClNO2. The molecule has 0 bridgehead atoms. The lowest BCUT2D eigenvalue weighted by molar-refractivity contribution is 0.402. The van der Waals surface area contributed by atoms with E-state index in [0.29, 0.717) is 10.7 Å². The van der Waals surface area contributed by atoms with Gasteiger partial charge in [-0.2, -0.15) is 0 Å². The maximum Gasteiger partial charge on any atom is 0.127 e. The van der Waals surface area contributed by atoms with E-state index in [2.05, 4.69) is 4.99 Å². The van der Waals surface area contributed by atoms with E-state index in [-0.39, 0.29) is 0 Å². The summed E-state index contributed by atoms with van der Waals surface area (Å²) in [7, 11) is 3.24. The molecule has 0 unspecified atom stereocenters. The Bertz CT molecular complexity index is 596. The highest BCUT2D eigenvalue weighted by Gasteiger charge is 2.03. The molecule has 0 N–H and O–H groups in total. The maximum atomic E-state index is 6.05. The van der Waals surface area contributed by atoms with Crippen LogP contribution in [0.5, 0.6) is 11.5 Å². The number of rotatable bonds is 4. The number of nitrogens with zero attached hydrogens (tertiary/aromatic N) is 1. The number of aliphatic imine (C=N–C) groups is 1. The summed E-state index contributed by atoms with van der Waals surface area (Å²) in [6, 6.07) is 13.0. The summed E-state index contributed by atoms with van der Waals surface area (Å²) in [6.07, 6.45) is 1.71. The summed E-state index contributed by atoms with van der Waals surface area (Å²) >= 11 is 6.05. The summed E-state index contributed by atoms with van der Waals surface area (Å²) < 4.78 is 10.5. The van der Waals surface area contributed by atoms with Crippen molar-refractivity contribution >= 4 is 23.5 Å². The Balaban J connectivity index is 2.34. The van der Waals surface area contributed by atoms with Crippen LogP contribution >= 0.6 is 11.6 Å². The van der Waals surface area contributed by atoms with Crippen molar-refractivity contribution in [1.82, 2.24) is 0 Å². The van der Waals surface area contributed by atoms with Crippen LogP contribution in [0.1, 0.15) is 5.56 Å². The minimum Gasteiger partial charge on any atom is -0.497 e. The molecule has 0 atom stereocenters. The molecule has 2 aromatic rings. The van der Waals surface area contributed by atoms with Crippen LogP contribution in [0.4, 0.5) is 5.69 Å². The van der Waals surface area contributed by atoms with Crippen LogP contribution in [-0.4, -0.2) is 20.4 Å². The molecule has 0 saturated heterocycles. The molecule has 0 fully saturated rings. The van der Waals surface area contributed by atoms with Gasteiger partial charge in [-0.15, -0.1) is 0 Å². The predicted molar refractivity (Wildman–Crippen MR) is 78.3 cm³/mol. The van der Waals surface area contributed by atoms with E-state index < -0.39 is 0 Å². The van der Waals surface area contributed by atoms with Crippen molar-refractivity contribution in [3.63, 3.8) is 0 Å². The minimum atomic E-state index is 0.612. The maximum absolute atomic E-state index is 6.05. The molecule has 0 spiro atoms. The first kappa shape index (κ1) is 13.4. The van der Waals surface area contributed by atoms with Gasteiger partial charge in [-0.3, -0.25) is 4.99 Å². The fraction of sp³-hybridized carbons (Fsp3) is 0.133. The zero-order valence-corrected chi connectivity index (χ0v) is 11.5. The normalized spacial score (nSPS) is 10.7. The fourth-order valence-corrected chi connectivity index (χ4v) is 1.82. The average molecular weight is 276 g/mol. The van der Waals surface area contributed by atoms with E-state index in [9.17, 15) is 0 Å². The molecule has 98 valence electrons. The quantitative estimate of drug-likeness (QED) is 0.786. The van der Waals surface area contributed by atoms with Crippen LogP contribution in [0.25, 0.3) is 0 Å². The number of para-hydroxylation sites is 1. The SMILES string of the molecule is COc1ccc(OC)c(C=Nc2ccccc2Cl)c1. The second-order valence-corrected chi connectivity index (χ2v) is 4.22. The van der Waals surface area contributed by atoms with Crippen molar-refractivity contribution < 1.29 is 9.47 Å². The van der Waals surface area contributed by atoms with Gasteiger partial charge in [0.05, 0.1) is 24.9 Å². The number of halogens is 1. The average Bonchev–Trinajstić information content (AvgIpc) is 2.46. The largest absolute Gasteiger partial charge is 0.497 e. The molecule has 0 amide bonds. The monoisotopic (exact) mass is 275 g/mol. The molecule has 0 heterocycles. The Morgan fingerprint density at radius 2 is 1.84 bits per heavy atom. The highest BCUT2D eigenvalue weighted by Crippen LogP contribution is 2.26. The van der Waals surface area contributed by atoms with Crippen molar-refractivity contribution in [2.45, 2.75) is 0 Å². The molecule has 4 heteroatoms. The molecule has 0 radical (unpaired) electrons. The standard InChI is InChI=1S/C15H14ClNO2/c1-18-12-7-8-15(19-2)11(9-12)10-17-14-6-4-3-5-13(14)16/h3-10H,1-2H3.